The summed E-state index contributed by atoms with van der Waals surface area (Å²) in [5, 5.41) is 3.57. The van der Waals surface area contributed by atoms with Crippen LogP contribution in [0, 0.1) is 5.92 Å². The third-order valence-electron chi connectivity index (χ3n) is 3.33. The molecule has 0 aromatic heterocycles. The summed E-state index contributed by atoms with van der Waals surface area (Å²) in [5.74, 6) is 2.04. The molecule has 2 nitrogen and oxygen atoms in total. The van der Waals surface area contributed by atoms with Crippen molar-refractivity contribution in [3.63, 3.8) is 0 Å². The first-order valence-corrected chi connectivity index (χ1v) is 5.98. The summed E-state index contributed by atoms with van der Waals surface area (Å²) >= 11 is 0. The van der Waals surface area contributed by atoms with Crippen LogP contribution < -0.4 is 5.32 Å². The number of ether oxygens (including phenoxy) is 1. The van der Waals surface area contributed by atoms with Crippen LogP contribution in [-0.2, 0) is 4.74 Å². The molecule has 1 atom stereocenters. The standard InChI is InChI=1S/C12H21NO/c1-2-13-12(10-6-3-4-7-10)11-8-5-9-14-11/h8,10,12-13H,2-7,9H2,1H3. The average Bonchev–Trinajstić information content (AvgIpc) is 2.87. The van der Waals surface area contributed by atoms with Gasteiger partial charge >= 0.3 is 0 Å². The molecule has 0 saturated heterocycles. The minimum absolute atomic E-state index is 0.505. The van der Waals surface area contributed by atoms with Crippen LogP contribution in [0.1, 0.15) is 39.0 Å². The summed E-state index contributed by atoms with van der Waals surface area (Å²) in [6.07, 6.45) is 8.92. The topological polar surface area (TPSA) is 21.3 Å². The molecule has 0 bridgehead atoms. The number of likely N-dealkylation sites (N-methyl/N-ethyl adjacent to an activating group) is 1. The fourth-order valence-electron chi connectivity index (χ4n) is 2.66. The van der Waals surface area contributed by atoms with Crippen LogP contribution in [0.15, 0.2) is 11.8 Å². The zero-order valence-corrected chi connectivity index (χ0v) is 9.09. The van der Waals surface area contributed by atoms with Crippen molar-refractivity contribution in [2.75, 3.05) is 13.2 Å². The van der Waals surface area contributed by atoms with Crippen molar-refractivity contribution in [2.24, 2.45) is 5.92 Å². The van der Waals surface area contributed by atoms with Crippen LogP contribution in [0.25, 0.3) is 0 Å². The van der Waals surface area contributed by atoms with E-state index >= 15 is 0 Å². The fraction of sp³-hybridized carbons (Fsp3) is 0.833. The lowest BCUT2D eigenvalue weighted by Crippen LogP contribution is -2.37. The Hall–Kier alpha value is -0.500. The van der Waals surface area contributed by atoms with Crippen LogP contribution in [0.5, 0.6) is 0 Å². The monoisotopic (exact) mass is 195 g/mol. The molecule has 1 aliphatic heterocycles. The van der Waals surface area contributed by atoms with Gasteiger partial charge in [-0.3, -0.25) is 0 Å². The van der Waals surface area contributed by atoms with Crippen LogP contribution in [0.4, 0.5) is 0 Å². The Labute approximate surface area is 86.7 Å². The molecule has 0 amide bonds. The van der Waals surface area contributed by atoms with Crippen LogP contribution >= 0.6 is 0 Å². The van der Waals surface area contributed by atoms with E-state index in [1.807, 2.05) is 0 Å². The van der Waals surface area contributed by atoms with Crippen molar-refractivity contribution in [3.05, 3.63) is 11.8 Å². The van der Waals surface area contributed by atoms with Gasteiger partial charge in [-0.05, 0) is 31.4 Å². The first-order chi connectivity index (χ1) is 6.92. The highest BCUT2D eigenvalue weighted by atomic mass is 16.5. The number of rotatable bonds is 4. The Morgan fingerprint density at radius 2 is 2.29 bits per heavy atom. The number of hydrogen-bond acceptors (Lipinski definition) is 2. The van der Waals surface area contributed by atoms with Crippen molar-refractivity contribution in [3.8, 4) is 0 Å². The van der Waals surface area contributed by atoms with Crippen molar-refractivity contribution in [1.82, 2.24) is 5.32 Å². The van der Waals surface area contributed by atoms with Gasteiger partial charge in [0.05, 0.1) is 12.6 Å². The molecule has 0 radical (unpaired) electrons. The Balaban J connectivity index is 1.98. The highest BCUT2D eigenvalue weighted by molar-refractivity contribution is 5.09. The van der Waals surface area contributed by atoms with E-state index in [2.05, 4.69) is 18.3 Å². The molecule has 1 saturated carbocycles. The molecular weight excluding hydrogens is 174 g/mol. The lowest BCUT2D eigenvalue weighted by atomic mass is 9.96. The van der Waals surface area contributed by atoms with Gasteiger partial charge in [0.25, 0.3) is 0 Å². The first-order valence-electron chi connectivity index (χ1n) is 5.98. The van der Waals surface area contributed by atoms with Gasteiger partial charge in [-0.2, -0.15) is 0 Å². The molecule has 1 aliphatic carbocycles. The van der Waals surface area contributed by atoms with E-state index in [0.29, 0.717) is 6.04 Å². The van der Waals surface area contributed by atoms with E-state index in [1.165, 1.54) is 31.4 Å². The van der Waals surface area contributed by atoms with Crippen molar-refractivity contribution >= 4 is 0 Å². The minimum Gasteiger partial charge on any atom is -0.496 e. The van der Waals surface area contributed by atoms with Gasteiger partial charge in [-0.15, -0.1) is 0 Å². The molecule has 1 N–H and O–H groups in total. The van der Waals surface area contributed by atoms with E-state index in [-0.39, 0.29) is 0 Å². The highest BCUT2D eigenvalue weighted by Crippen LogP contribution is 2.32. The summed E-state index contributed by atoms with van der Waals surface area (Å²) in [6, 6.07) is 0.505. The third kappa shape index (κ3) is 2.11. The predicted octanol–water partition coefficient (Wildman–Crippen LogP) is 2.46. The van der Waals surface area contributed by atoms with E-state index < -0.39 is 0 Å². The van der Waals surface area contributed by atoms with Crippen LogP contribution in [-0.4, -0.2) is 19.2 Å². The van der Waals surface area contributed by atoms with Crippen molar-refractivity contribution in [1.29, 1.82) is 0 Å². The van der Waals surface area contributed by atoms with Gasteiger partial charge in [0.2, 0.25) is 0 Å². The molecule has 2 rings (SSSR count). The van der Waals surface area contributed by atoms with Crippen LogP contribution in [0.3, 0.4) is 0 Å². The molecule has 1 heterocycles. The fourth-order valence-corrected chi connectivity index (χ4v) is 2.66. The highest BCUT2D eigenvalue weighted by Gasteiger charge is 2.29. The second-order valence-electron chi connectivity index (χ2n) is 4.32. The van der Waals surface area contributed by atoms with Crippen LogP contribution in [0.2, 0.25) is 0 Å². The molecule has 0 spiro atoms. The van der Waals surface area contributed by atoms with Gasteiger partial charge in [-0.25, -0.2) is 0 Å². The van der Waals surface area contributed by atoms with E-state index in [4.69, 9.17) is 4.74 Å². The van der Waals surface area contributed by atoms with Gasteiger partial charge in [0.15, 0.2) is 0 Å². The molecule has 2 heteroatoms. The van der Waals surface area contributed by atoms with Gasteiger partial charge in [-0.1, -0.05) is 19.8 Å². The summed E-state index contributed by atoms with van der Waals surface area (Å²) in [5.41, 5.74) is 0. The lowest BCUT2D eigenvalue weighted by molar-refractivity contribution is 0.194. The maximum Gasteiger partial charge on any atom is 0.109 e. The predicted molar refractivity (Wildman–Crippen MR) is 58.1 cm³/mol. The molecule has 1 fully saturated rings. The van der Waals surface area contributed by atoms with Crippen molar-refractivity contribution in [2.45, 2.75) is 45.1 Å². The number of nitrogens with one attached hydrogen (secondary N) is 1. The summed E-state index contributed by atoms with van der Waals surface area (Å²) in [6.45, 7) is 4.11. The maximum atomic E-state index is 5.68. The largest absolute Gasteiger partial charge is 0.496 e. The maximum absolute atomic E-state index is 5.68. The second kappa shape index (κ2) is 4.83. The summed E-state index contributed by atoms with van der Waals surface area (Å²) in [7, 11) is 0. The summed E-state index contributed by atoms with van der Waals surface area (Å²) in [4.78, 5) is 0. The van der Waals surface area contributed by atoms with E-state index in [0.717, 1.165) is 25.5 Å². The Kier molecular flexibility index (Phi) is 3.46. The first kappa shape index (κ1) is 10.0. The molecule has 0 aromatic carbocycles. The molecule has 0 aromatic rings. The third-order valence-corrected chi connectivity index (χ3v) is 3.33. The van der Waals surface area contributed by atoms with E-state index in [9.17, 15) is 0 Å². The molecule has 2 aliphatic rings. The average molecular weight is 195 g/mol. The van der Waals surface area contributed by atoms with E-state index in [1.54, 1.807) is 0 Å². The minimum atomic E-state index is 0.505. The molecular formula is C12H21NO. The zero-order valence-electron chi connectivity index (χ0n) is 9.09. The second-order valence-corrected chi connectivity index (χ2v) is 4.32. The molecule has 1 unspecified atom stereocenters. The Bertz CT molecular complexity index is 206. The van der Waals surface area contributed by atoms with Gasteiger partial charge in [0, 0.05) is 6.42 Å². The van der Waals surface area contributed by atoms with Gasteiger partial charge in [0.1, 0.15) is 5.76 Å². The quantitative estimate of drug-likeness (QED) is 0.744. The zero-order chi connectivity index (χ0) is 9.80. The van der Waals surface area contributed by atoms with Gasteiger partial charge < -0.3 is 10.1 Å². The smallest absolute Gasteiger partial charge is 0.109 e. The SMILES string of the molecule is CCNC(C1=CCCO1)C1CCCC1. The molecule has 14 heavy (non-hydrogen) atoms. The van der Waals surface area contributed by atoms with Crippen molar-refractivity contribution < 1.29 is 4.74 Å². The normalized spacial score (nSPS) is 24.8. The lowest BCUT2D eigenvalue weighted by Gasteiger charge is -2.24. The summed E-state index contributed by atoms with van der Waals surface area (Å²) < 4.78 is 5.68. The number of hydrogen-bond donors (Lipinski definition) is 1. The molecule has 80 valence electrons. The Morgan fingerprint density at radius 3 is 2.86 bits per heavy atom. The Morgan fingerprint density at radius 1 is 1.50 bits per heavy atom.